The Balaban J connectivity index is 2.28. The van der Waals surface area contributed by atoms with Gasteiger partial charge in [0.05, 0.1) is 12.5 Å². The Labute approximate surface area is 196 Å². The summed E-state index contributed by atoms with van der Waals surface area (Å²) in [6.45, 7) is 7.89. The summed E-state index contributed by atoms with van der Waals surface area (Å²) in [5, 5.41) is 0. The number of ether oxygens (including phenoxy) is 2. The molecule has 0 bridgehead atoms. The van der Waals surface area contributed by atoms with Gasteiger partial charge in [0.25, 0.3) is 0 Å². The van der Waals surface area contributed by atoms with Gasteiger partial charge in [-0.1, -0.05) is 80.1 Å². The maximum Gasteiger partial charge on any atom is 0.513 e. The Hall–Kier alpha value is -3.40. The average Bonchev–Trinajstić information content (AvgIpc) is 3.02. The third kappa shape index (κ3) is 4.30. The van der Waals surface area contributed by atoms with Gasteiger partial charge in [-0.25, -0.2) is 4.79 Å². The van der Waals surface area contributed by atoms with Crippen molar-refractivity contribution in [1.29, 1.82) is 0 Å². The molecule has 4 heteroatoms. The number of hydrogen-bond donors (Lipinski definition) is 0. The maximum absolute atomic E-state index is 14.4. The zero-order valence-corrected chi connectivity index (χ0v) is 20.1. The van der Waals surface area contributed by atoms with E-state index in [2.05, 4.69) is 29.9 Å². The summed E-state index contributed by atoms with van der Waals surface area (Å²) in [6, 6.07) is 18.0. The van der Waals surface area contributed by atoms with Crippen molar-refractivity contribution in [2.24, 2.45) is 0 Å². The molecular weight excluding hydrogens is 412 g/mol. The number of methoxy groups -OCH3 is 1. The smallest absolute Gasteiger partial charge is 0.437 e. The number of unbranched alkanes of at least 4 members (excludes halogenated alkanes) is 1. The van der Waals surface area contributed by atoms with Gasteiger partial charge in [-0.2, -0.15) is 0 Å². The second kappa shape index (κ2) is 10.0. The highest BCUT2D eigenvalue weighted by Gasteiger charge is 2.57. The molecule has 0 radical (unpaired) electrons. The predicted octanol–water partition coefficient (Wildman–Crippen LogP) is 6.80. The molecular formula is C29H32O4. The van der Waals surface area contributed by atoms with Crippen LogP contribution in [0.5, 0.6) is 0 Å². The summed E-state index contributed by atoms with van der Waals surface area (Å²) in [7, 11) is 1.27. The molecule has 0 amide bonds. The first-order valence-corrected chi connectivity index (χ1v) is 11.3. The molecule has 0 saturated carbocycles. The van der Waals surface area contributed by atoms with Crippen molar-refractivity contribution in [3.05, 3.63) is 107 Å². The zero-order chi connectivity index (χ0) is 24.1. The molecule has 33 heavy (non-hydrogen) atoms. The second-order valence-corrected chi connectivity index (χ2v) is 8.64. The molecule has 0 N–H and O–H groups in total. The highest BCUT2D eigenvalue weighted by atomic mass is 16.7. The second-order valence-electron chi connectivity index (χ2n) is 8.64. The van der Waals surface area contributed by atoms with Crippen molar-refractivity contribution in [3.63, 3.8) is 0 Å². The van der Waals surface area contributed by atoms with E-state index in [9.17, 15) is 9.59 Å². The first-order valence-electron chi connectivity index (χ1n) is 11.3. The number of Topliss-reactive ketones (excluding diaryl/α,β-unsaturated/α-hetero) is 1. The van der Waals surface area contributed by atoms with E-state index in [0.717, 1.165) is 35.1 Å². The average molecular weight is 445 g/mol. The molecule has 1 aliphatic rings. The van der Waals surface area contributed by atoms with Crippen molar-refractivity contribution < 1.29 is 19.1 Å². The molecule has 2 aromatic rings. The molecule has 0 heterocycles. The number of benzene rings is 2. The minimum atomic E-state index is -0.961. The molecule has 0 saturated heterocycles. The molecule has 3 rings (SSSR count). The Morgan fingerprint density at radius 1 is 0.970 bits per heavy atom. The normalized spacial score (nSPS) is 20.1. The van der Waals surface area contributed by atoms with Crippen molar-refractivity contribution >= 4 is 11.9 Å². The first-order chi connectivity index (χ1) is 15.8. The molecule has 0 aliphatic heterocycles. The number of carbonyl (C=O) groups is 2. The van der Waals surface area contributed by atoms with Gasteiger partial charge in [-0.3, -0.25) is 4.79 Å². The molecule has 1 unspecified atom stereocenters. The maximum atomic E-state index is 14.4. The van der Waals surface area contributed by atoms with Crippen molar-refractivity contribution in [3.8, 4) is 0 Å². The van der Waals surface area contributed by atoms with Crippen LogP contribution in [0.4, 0.5) is 4.79 Å². The van der Waals surface area contributed by atoms with E-state index in [0.29, 0.717) is 5.76 Å². The molecule has 2 aromatic carbocycles. The molecule has 1 atom stereocenters. The van der Waals surface area contributed by atoms with Crippen LogP contribution >= 0.6 is 0 Å². The molecule has 172 valence electrons. The summed E-state index contributed by atoms with van der Waals surface area (Å²) >= 11 is 0. The Morgan fingerprint density at radius 3 is 2.21 bits per heavy atom. The van der Waals surface area contributed by atoms with Gasteiger partial charge in [0.15, 0.2) is 5.78 Å². The fourth-order valence-electron chi connectivity index (χ4n) is 4.64. The number of fused-ring (bicyclic) bond motifs is 1. The van der Waals surface area contributed by atoms with Gasteiger partial charge >= 0.3 is 6.16 Å². The summed E-state index contributed by atoms with van der Waals surface area (Å²) in [5.74, 6) is 0.482. The predicted molar refractivity (Wildman–Crippen MR) is 131 cm³/mol. The van der Waals surface area contributed by atoms with E-state index < -0.39 is 17.0 Å². The van der Waals surface area contributed by atoms with Crippen LogP contribution in [-0.2, 0) is 25.1 Å². The number of rotatable bonds is 7. The van der Waals surface area contributed by atoms with E-state index >= 15 is 0 Å². The third-order valence-corrected chi connectivity index (χ3v) is 6.28. The standard InChI is InChI=1S/C29H32O4/c1-6-8-14-22(19-20-23(7-2)33-27(31)32-5)29(21-15-10-9-11-16-21)25-18-13-12-17-24(25)28(3,4)26(29)30/h7,9-20H,6,8H2,1-5H3/b20-19-,22-14+,23-7+. The van der Waals surface area contributed by atoms with Gasteiger partial charge in [-0.05, 0) is 61.6 Å². The van der Waals surface area contributed by atoms with Crippen LogP contribution < -0.4 is 0 Å². The van der Waals surface area contributed by atoms with Crippen molar-refractivity contribution in [2.75, 3.05) is 7.11 Å². The highest BCUT2D eigenvalue weighted by Crippen LogP contribution is 2.54. The Morgan fingerprint density at radius 2 is 1.61 bits per heavy atom. The van der Waals surface area contributed by atoms with E-state index in [1.54, 1.807) is 19.1 Å². The minimum absolute atomic E-state index is 0.130. The van der Waals surface area contributed by atoms with E-state index in [-0.39, 0.29) is 5.78 Å². The monoisotopic (exact) mass is 444 g/mol. The number of carbonyl (C=O) groups excluding carboxylic acids is 2. The van der Waals surface area contributed by atoms with Gasteiger partial charge in [0, 0.05) is 0 Å². The van der Waals surface area contributed by atoms with Crippen LogP contribution in [0.15, 0.2) is 90.2 Å². The van der Waals surface area contributed by atoms with Gasteiger partial charge in [0.2, 0.25) is 0 Å². The van der Waals surface area contributed by atoms with Crippen LogP contribution in [0.25, 0.3) is 0 Å². The van der Waals surface area contributed by atoms with Gasteiger partial charge in [-0.15, -0.1) is 0 Å². The van der Waals surface area contributed by atoms with Gasteiger partial charge < -0.3 is 9.47 Å². The van der Waals surface area contributed by atoms with Gasteiger partial charge in [0.1, 0.15) is 11.2 Å². The van der Waals surface area contributed by atoms with Crippen molar-refractivity contribution in [1.82, 2.24) is 0 Å². The zero-order valence-electron chi connectivity index (χ0n) is 20.1. The summed E-state index contributed by atoms with van der Waals surface area (Å²) in [4.78, 5) is 26.0. The fourth-order valence-corrected chi connectivity index (χ4v) is 4.64. The SMILES string of the molecule is C\C=C(/C=C\C(=C/CCC)C1(c2ccccc2)C(=O)C(C)(C)c2ccccc21)OC(=O)OC. The van der Waals surface area contributed by atoms with E-state index in [1.807, 2.05) is 62.4 Å². The lowest BCUT2D eigenvalue weighted by atomic mass is 9.66. The first kappa shape index (κ1) is 24.2. The van der Waals surface area contributed by atoms with Crippen LogP contribution in [0, 0.1) is 0 Å². The highest BCUT2D eigenvalue weighted by molar-refractivity contribution is 6.09. The van der Waals surface area contributed by atoms with Crippen LogP contribution in [-0.4, -0.2) is 19.0 Å². The number of hydrogen-bond acceptors (Lipinski definition) is 4. The topological polar surface area (TPSA) is 52.6 Å². The number of ketones is 1. The minimum Gasteiger partial charge on any atom is -0.437 e. The Bertz CT molecular complexity index is 1110. The summed E-state index contributed by atoms with van der Waals surface area (Å²) < 4.78 is 9.87. The largest absolute Gasteiger partial charge is 0.513 e. The van der Waals surface area contributed by atoms with Crippen LogP contribution in [0.1, 0.15) is 57.2 Å². The third-order valence-electron chi connectivity index (χ3n) is 6.28. The van der Waals surface area contributed by atoms with E-state index in [1.165, 1.54) is 7.11 Å². The lowest BCUT2D eigenvalue weighted by Gasteiger charge is -2.33. The summed E-state index contributed by atoms with van der Waals surface area (Å²) in [6.07, 6.45) is 8.41. The van der Waals surface area contributed by atoms with Crippen LogP contribution in [0.3, 0.4) is 0 Å². The molecule has 0 aromatic heterocycles. The lowest BCUT2D eigenvalue weighted by Crippen LogP contribution is -2.41. The Kier molecular flexibility index (Phi) is 7.37. The number of allylic oxidation sites excluding steroid dienone is 5. The molecule has 0 spiro atoms. The fraction of sp³-hybridized carbons (Fsp3) is 0.310. The van der Waals surface area contributed by atoms with E-state index in [4.69, 9.17) is 4.74 Å². The molecule has 1 aliphatic carbocycles. The lowest BCUT2D eigenvalue weighted by molar-refractivity contribution is -0.125. The van der Waals surface area contributed by atoms with Crippen LogP contribution in [0.2, 0.25) is 0 Å². The van der Waals surface area contributed by atoms with Crippen molar-refractivity contribution in [2.45, 2.75) is 51.4 Å². The molecule has 4 nitrogen and oxygen atoms in total. The summed E-state index contributed by atoms with van der Waals surface area (Å²) in [5.41, 5.74) is 2.21. The quantitative estimate of drug-likeness (QED) is 0.268. The molecule has 0 fully saturated rings.